The minimum atomic E-state index is -0.162. The summed E-state index contributed by atoms with van der Waals surface area (Å²) in [5, 5.41) is 19.3. The molecule has 0 aliphatic heterocycles. The Morgan fingerprint density at radius 2 is 2.13 bits per heavy atom. The minimum Gasteiger partial charge on any atom is -0.396 e. The standard InChI is InChI=1S/C13H22O2/c1-9-5-6-10-3-2-4-11(7-8-14)12(10)13(9)15/h2,4,9-15H,3,5-8H2,1H3/t9-,10?,11-,12?,13-/m1/s1. The van der Waals surface area contributed by atoms with Crippen LogP contribution in [0.1, 0.15) is 32.6 Å². The highest BCUT2D eigenvalue weighted by Crippen LogP contribution is 2.44. The molecule has 0 radical (unpaired) electrons. The van der Waals surface area contributed by atoms with Crippen LogP contribution in [0.4, 0.5) is 0 Å². The van der Waals surface area contributed by atoms with Crippen LogP contribution in [0.2, 0.25) is 0 Å². The first-order valence-corrected chi connectivity index (χ1v) is 6.19. The van der Waals surface area contributed by atoms with Gasteiger partial charge in [-0.3, -0.25) is 0 Å². The number of rotatable bonds is 2. The fraction of sp³-hybridized carbons (Fsp3) is 0.846. The maximum atomic E-state index is 10.3. The van der Waals surface area contributed by atoms with Gasteiger partial charge in [0.15, 0.2) is 0 Å². The first kappa shape index (κ1) is 11.2. The Balaban J connectivity index is 2.12. The molecule has 2 rings (SSSR count). The smallest absolute Gasteiger partial charge is 0.0602 e. The van der Waals surface area contributed by atoms with E-state index < -0.39 is 0 Å². The second-order valence-corrected chi connectivity index (χ2v) is 5.22. The zero-order chi connectivity index (χ0) is 10.8. The summed E-state index contributed by atoms with van der Waals surface area (Å²) in [6.45, 7) is 2.38. The summed E-state index contributed by atoms with van der Waals surface area (Å²) in [7, 11) is 0. The van der Waals surface area contributed by atoms with E-state index >= 15 is 0 Å². The third kappa shape index (κ3) is 2.11. The number of aliphatic hydroxyl groups excluding tert-OH is 2. The summed E-state index contributed by atoms with van der Waals surface area (Å²) in [5.74, 6) is 1.87. The van der Waals surface area contributed by atoms with Crippen molar-refractivity contribution in [3.8, 4) is 0 Å². The van der Waals surface area contributed by atoms with Crippen molar-refractivity contribution in [1.82, 2.24) is 0 Å². The molecule has 0 aromatic rings. The summed E-state index contributed by atoms with van der Waals surface area (Å²) >= 11 is 0. The molecule has 0 saturated heterocycles. The van der Waals surface area contributed by atoms with Gasteiger partial charge in [0, 0.05) is 6.61 Å². The van der Waals surface area contributed by atoms with Crippen molar-refractivity contribution in [3.05, 3.63) is 12.2 Å². The Labute approximate surface area is 92.0 Å². The highest BCUT2D eigenvalue weighted by molar-refractivity contribution is 5.04. The summed E-state index contributed by atoms with van der Waals surface area (Å²) in [6, 6.07) is 0. The highest BCUT2D eigenvalue weighted by atomic mass is 16.3. The molecule has 0 bridgehead atoms. The number of aliphatic hydroxyl groups is 2. The number of allylic oxidation sites excluding steroid dienone is 2. The monoisotopic (exact) mass is 210 g/mol. The fourth-order valence-corrected chi connectivity index (χ4v) is 3.37. The van der Waals surface area contributed by atoms with Crippen molar-refractivity contribution in [2.24, 2.45) is 23.7 Å². The van der Waals surface area contributed by atoms with Gasteiger partial charge in [0.25, 0.3) is 0 Å². The van der Waals surface area contributed by atoms with E-state index in [1.54, 1.807) is 0 Å². The minimum absolute atomic E-state index is 0.162. The molecule has 0 aromatic heterocycles. The highest BCUT2D eigenvalue weighted by Gasteiger charge is 2.40. The second-order valence-electron chi connectivity index (χ2n) is 5.22. The van der Waals surface area contributed by atoms with Crippen LogP contribution in [0.15, 0.2) is 12.2 Å². The number of fused-ring (bicyclic) bond motifs is 1. The quantitative estimate of drug-likeness (QED) is 0.684. The average Bonchev–Trinajstić information content (AvgIpc) is 2.24. The molecule has 1 saturated carbocycles. The van der Waals surface area contributed by atoms with E-state index in [0.717, 1.165) is 19.3 Å². The SMILES string of the molecule is C[C@@H]1CCC2CC=C[C@H](CCO)C2[C@@H]1O. The summed E-state index contributed by atoms with van der Waals surface area (Å²) in [6.07, 6.45) is 8.61. The molecule has 2 N–H and O–H groups in total. The van der Waals surface area contributed by atoms with Gasteiger partial charge in [0.05, 0.1) is 6.10 Å². The van der Waals surface area contributed by atoms with Crippen LogP contribution in [0, 0.1) is 23.7 Å². The van der Waals surface area contributed by atoms with Crippen molar-refractivity contribution in [2.45, 2.75) is 38.7 Å². The summed E-state index contributed by atoms with van der Waals surface area (Å²) in [4.78, 5) is 0. The van der Waals surface area contributed by atoms with Gasteiger partial charge in [-0.05, 0) is 49.4 Å². The maximum Gasteiger partial charge on any atom is 0.0602 e. The van der Waals surface area contributed by atoms with Crippen molar-refractivity contribution in [3.63, 3.8) is 0 Å². The molecule has 2 nitrogen and oxygen atoms in total. The molecule has 0 aromatic carbocycles. The van der Waals surface area contributed by atoms with Gasteiger partial charge in [-0.2, -0.15) is 0 Å². The zero-order valence-corrected chi connectivity index (χ0v) is 9.47. The molecule has 86 valence electrons. The Hall–Kier alpha value is -0.340. The fourth-order valence-electron chi connectivity index (χ4n) is 3.37. The largest absolute Gasteiger partial charge is 0.396 e. The lowest BCUT2D eigenvalue weighted by Gasteiger charge is -2.44. The normalized spacial score (nSPS) is 45.1. The lowest BCUT2D eigenvalue weighted by atomic mass is 9.63. The van der Waals surface area contributed by atoms with E-state index in [9.17, 15) is 5.11 Å². The van der Waals surface area contributed by atoms with E-state index in [0.29, 0.717) is 23.7 Å². The van der Waals surface area contributed by atoms with Crippen LogP contribution in [0.3, 0.4) is 0 Å². The van der Waals surface area contributed by atoms with Crippen LogP contribution in [-0.4, -0.2) is 22.9 Å². The zero-order valence-electron chi connectivity index (χ0n) is 9.47. The molecule has 2 unspecified atom stereocenters. The topological polar surface area (TPSA) is 40.5 Å². The maximum absolute atomic E-state index is 10.3. The molecule has 2 aliphatic carbocycles. The van der Waals surface area contributed by atoms with Crippen molar-refractivity contribution >= 4 is 0 Å². The van der Waals surface area contributed by atoms with Crippen LogP contribution in [-0.2, 0) is 0 Å². The van der Waals surface area contributed by atoms with E-state index in [1.807, 2.05) is 0 Å². The molecule has 0 spiro atoms. The first-order chi connectivity index (χ1) is 7.24. The van der Waals surface area contributed by atoms with Gasteiger partial charge in [-0.1, -0.05) is 19.1 Å². The molecule has 0 heterocycles. The van der Waals surface area contributed by atoms with Crippen molar-refractivity contribution < 1.29 is 10.2 Å². The van der Waals surface area contributed by atoms with Crippen LogP contribution in [0.25, 0.3) is 0 Å². The van der Waals surface area contributed by atoms with Gasteiger partial charge in [-0.15, -0.1) is 0 Å². The van der Waals surface area contributed by atoms with Crippen molar-refractivity contribution in [2.75, 3.05) is 6.61 Å². The molecular formula is C13H22O2. The summed E-state index contributed by atoms with van der Waals surface area (Å²) < 4.78 is 0. The molecule has 5 atom stereocenters. The molecular weight excluding hydrogens is 188 g/mol. The van der Waals surface area contributed by atoms with Gasteiger partial charge >= 0.3 is 0 Å². The molecule has 2 aliphatic rings. The van der Waals surface area contributed by atoms with Gasteiger partial charge in [-0.25, -0.2) is 0 Å². The van der Waals surface area contributed by atoms with Gasteiger partial charge in [0.2, 0.25) is 0 Å². The van der Waals surface area contributed by atoms with Crippen LogP contribution in [0.5, 0.6) is 0 Å². The number of hydrogen-bond acceptors (Lipinski definition) is 2. The number of hydrogen-bond donors (Lipinski definition) is 2. The van der Waals surface area contributed by atoms with E-state index in [1.165, 1.54) is 6.42 Å². The van der Waals surface area contributed by atoms with Crippen LogP contribution < -0.4 is 0 Å². The Bertz CT molecular complexity index is 237. The Kier molecular flexibility index (Phi) is 3.47. The van der Waals surface area contributed by atoms with E-state index in [4.69, 9.17) is 5.11 Å². The van der Waals surface area contributed by atoms with Crippen LogP contribution >= 0.6 is 0 Å². The van der Waals surface area contributed by atoms with Crippen molar-refractivity contribution in [1.29, 1.82) is 0 Å². The van der Waals surface area contributed by atoms with Gasteiger partial charge < -0.3 is 10.2 Å². The second kappa shape index (κ2) is 4.67. The molecule has 1 fully saturated rings. The Morgan fingerprint density at radius 3 is 2.87 bits per heavy atom. The average molecular weight is 210 g/mol. The third-order valence-corrected chi connectivity index (χ3v) is 4.29. The lowest BCUT2D eigenvalue weighted by Crippen LogP contribution is -2.43. The predicted molar refractivity (Wildman–Crippen MR) is 60.3 cm³/mol. The molecule has 2 heteroatoms. The Morgan fingerprint density at radius 1 is 1.33 bits per heavy atom. The first-order valence-electron chi connectivity index (χ1n) is 6.19. The van der Waals surface area contributed by atoms with E-state index in [-0.39, 0.29) is 12.7 Å². The molecule has 0 amide bonds. The lowest BCUT2D eigenvalue weighted by molar-refractivity contribution is -0.0339. The van der Waals surface area contributed by atoms with E-state index in [2.05, 4.69) is 19.1 Å². The van der Waals surface area contributed by atoms with Gasteiger partial charge in [0.1, 0.15) is 0 Å². The predicted octanol–water partition coefficient (Wildman–Crippen LogP) is 1.97. The molecule has 15 heavy (non-hydrogen) atoms. The summed E-state index contributed by atoms with van der Waals surface area (Å²) in [5.41, 5.74) is 0. The third-order valence-electron chi connectivity index (χ3n) is 4.29.